The maximum atomic E-state index is 15.7. The van der Waals surface area contributed by atoms with Crippen molar-refractivity contribution in [1.82, 2.24) is 34.3 Å². The molecule has 4 saturated heterocycles. The molecule has 5 fully saturated rings. The third-order valence-corrected chi connectivity index (χ3v) is 15.3. The number of hydrogen-bond acceptors (Lipinski definition) is 11. The van der Waals surface area contributed by atoms with Gasteiger partial charge in [0.05, 0.1) is 33.6 Å². The van der Waals surface area contributed by atoms with Crippen LogP contribution in [0.25, 0.3) is 21.9 Å². The molecule has 3 aromatic carbocycles. The summed E-state index contributed by atoms with van der Waals surface area (Å²) in [7, 11) is -2.43. The summed E-state index contributed by atoms with van der Waals surface area (Å²) in [6, 6.07) is 12.0. The summed E-state index contributed by atoms with van der Waals surface area (Å²) in [5, 5.41) is 17.3. The number of nitrogens with one attached hydrogen (secondary N) is 2. The number of piperidine rings is 2. The number of hydrogen-bond donors (Lipinski definition) is 2. The van der Waals surface area contributed by atoms with Crippen molar-refractivity contribution in [2.75, 3.05) is 60.3 Å². The zero-order valence-corrected chi connectivity index (χ0v) is 35.9. The van der Waals surface area contributed by atoms with Crippen LogP contribution in [-0.4, -0.2) is 107 Å². The van der Waals surface area contributed by atoms with E-state index in [9.17, 15) is 27.7 Å². The number of ether oxygens (including phenoxy) is 1. The van der Waals surface area contributed by atoms with Crippen molar-refractivity contribution in [2.45, 2.75) is 69.5 Å². The van der Waals surface area contributed by atoms with Gasteiger partial charge in [-0.05, 0) is 99.8 Å². The Hall–Kier alpha value is -6.04. The minimum atomic E-state index is -4.20. The normalized spacial score (nSPS) is 21.4. The zero-order valence-electron chi connectivity index (χ0n) is 35.1. The second-order valence-electron chi connectivity index (χ2n) is 17.7. The number of likely N-dealkylation sites (tertiary alicyclic amines) is 1. The number of aromatic nitrogens is 4. The summed E-state index contributed by atoms with van der Waals surface area (Å²) >= 11 is 0. The topological polar surface area (TPSA) is 182 Å². The molecule has 2 aromatic heterocycles. The fourth-order valence-electron chi connectivity index (χ4n) is 10.2. The van der Waals surface area contributed by atoms with E-state index < -0.39 is 34.0 Å². The van der Waals surface area contributed by atoms with Crippen LogP contribution in [0.15, 0.2) is 48.7 Å². The number of nitriles is 1. The molecule has 0 bridgehead atoms. The van der Waals surface area contributed by atoms with E-state index >= 15 is 8.78 Å². The highest BCUT2D eigenvalue weighted by molar-refractivity contribution is 7.90. The van der Waals surface area contributed by atoms with Gasteiger partial charge in [0.1, 0.15) is 29.4 Å². The summed E-state index contributed by atoms with van der Waals surface area (Å²) in [5.74, 6) is -1.27. The minimum Gasteiger partial charge on any atom is -0.453 e. The Bertz CT molecular complexity index is 2850. The number of alkyl halides is 1. The van der Waals surface area contributed by atoms with Gasteiger partial charge in [-0.25, -0.2) is 22.9 Å². The number of fused-ring (bicyclic) bond motifs is 2. The van der Waals surface area contributed by atoms with Crippen LogP contribution in [0.4, 0.5) is 35.2 Å². The molecule has 5 aromatic rings. The highest BCUT2D eigenvalue weighted by atomic mass is 32.2. The molecule has 10 rings (SSSR count). The first-order valence-corrected chi connectivity index (χ1v) is 23.1. The number of carbonyl (C=O) groups excluding carboxylic acids is 2. The van der Waals surface area contributed by atoms with E-state index in [2.05, 4.69) is 29.9 Å². The number of rotatable bonds is 9. The molecule has 1 aliphatic carbocycles. The lowest BCUT2D eigenvalue weighted by Crippen LogP contribution is -2.52. The van der Waals surface area contributed by atoms with Gasteiger partial charge >= 0.3 is 16.2 Å². The van der Waals surface area contributed by atoms with Crippen LogP contribution in [0.2, 0.25) is 0 Å². The first-order valence-electron chi connectivity index (χ1n) is 21.6. The molecule has 16 nitrogen and oxygen atoms in total. The standard InChI is InChI=1S/C44H46F3N11O5S/c1-54-38-20-39(33(47)19-30(38)42(52-54)58-15-9-40(59)51-43(58)60)56-12-7-28(8-13-56)55-16-10-44(11-17-55)21-26(22-44)37-24-49-35-4-2-29(18-36(35)50-37)63-41-31(23-48)34(5-3-32(41)46)53-64(61,62)57-14-6-27(45)25-57/h2-5,18-20,24,26-28,53H,6-17,21-22,25H2,1H3,(H,51,59,60)/t27-/m1/s1. The second-order valence-corrected chi connectivity index (χ2v) is 19.4. The molecule has 20 heteroatoms. The molecule has 5 aliphatic rings. The third-order valence-electron chi connectivity index (χ3n) is 13.8. The van der Waals surface area contributed by atoms with Crippen molar-refractivity contribution in [1.29, 1.82) is 5.26 Å². The van der Waals surface area contributed by atoms with Crippen LogP contribution < -0.4 is 24.6 Å². The number of aryl methyl sites for hydroxylation is 1. The van der Waals surface area contributed by atoms with E-state index in [-0.39, 0.29) is 72.5 Å². The molecule has 2 N–H and O–H groups in total. The van der Waals surface area contributed by atoms with Gasteiger partial charge in [0.15, 0.2) is 17.4 Å². The molecule has 6 heterocycles. The van der Waals surface area contributed by atoms with Gasteiger partial charge in [-0.15, -0.1) is 0 Å². The third kappa shape index (κ3) is 7.72. The summed E-state index contributed by atoms with van der Waals surface area (Å²) in [5.41, 5.74) is 2.94. The summed E-state index contributed by atoms with van der Waals surface area (Å²) < 4.78 is 81.3. The van der Waals surface area contributed by atoms with Crippen LogP contribution in [0.3, 0.4) is 0 Å². The number of anilines is 3. The number of carbonyl (C=O) groups is 2. The molecule has 334 valence electrons. The Labute approximate surface area is 367 Å². The molecular formula is C44H46F3N11O5S. The Morgan fingerprint density at radius 1 is 0.953 bits per heavy atom. The molecule has 0 radical (unpaired) electrons. The smallest absolute Gasteiger partial charge is 0.329 e. The maximum absolute atomic E-state index is 15.7. The average molecular weight is 898 g/mol. The lowest BCUT2D eigenvalue weighted by atomic mass is 9.56. The number of urea groups is 1. The molecule has 1 atom stereocenters. The average Bonchev–Trinajstić information content (AvgIpc) is 3.86. The van der Waals surface area contributed by atoms with Crippen LogP contribution in [0.5, 0.6) is 11.5 Å². The van der Waals surface area contributed by atoms with Crippen LogP contribution in [-0.2, 0) is 22.1 Å². The lowest BCUT2D eigenvalue weighted by molar-refractivity contribution is -0.120. The zero-order chi connectivity index (χ0) is 44.5. The Morgan fingerprint density at radius 2 is 1.73 bits per heavy atom. The number of benzene rings is 3. The van der Waals surface area contributed by atoms with Gasteiger partial charge in [0.2, 0.25) is 5.91 Å². The van der Waals surface area contributed by atoms with E-state index in [0.717, 1.165) is 86.8 Å². The molecule has 0 unspecified atom stereocenters. The van der Waals surface area contributed by atoms with Gasteiger partial charge in [0.25, 0.3) is 0 Å². The maximum Gasteiger partial charge on any atom is 0.329 e. The molecule has 3 amide bonds. The number of amides is 3. The largest absolute Gasteiger partial charge is 0.453 e. The summed E-state index contributed by atoms with van der Waals surface area (Å²) in [6.45, 7) is 3.29. The van der Waals surface area contributed by atoms with Crippen molar-refractivity contribution >= 4 is 61.3 Å². The molecular weight excluding hydrogens is 852 g/mol. The quantitative estimate of drug-likeness (QED) is 0.171. The molecule has 1 spiro atoms. The lowest BCUT2D eigenvalue weighted by Gasteiger charge is -2.53. The molecule has 4 aliphatic heterocycles. The molecule has 64 heavy (non-hydrogen) atoms. The van der Waals surface area contributed by atoms with Gasteiger partial charge in [-0.2, -0.15) is 23.1 Å². The van der Waals surface area contributed by atoms with E-state index in [0.29, 0.717) is 39.5 Å². The Balaban J connectivity index is 0.748. The number of imide groups is 1. The van der Waals surface area contributed by atoms with Crippen molar-refractivity contribution in [3.63, 3.8) is 0 Å². The van der Waals surface area contributed by atoms with Crippen LogP contribution in [0.1, 0.15) is 68.5 Å². The first-order chi connectivity index (χ1) is 30.8. The van der Waals surface area contributed by atoms with Crippen molar-refractivity contribution in [3.05, 3.63) is 71.6 Å². The SMILES string of the molecule is Cn1nc(N2CCC(=O)NC2=O)c2cc(F)c(N3CCC(N4CCC5(CC4)CC(c4cnc6ccc(Oc7c(F)ccc(NS(=O)(=O)N8CC[C@@H](F)C8)c7C#N)cc6n4)C5)CC3)cc21. The first kappa shape index (κ1) is 41.9. The fraction of sp³-hybridized carbons (Fsp3) is 0.455. The van der Waals surface area contributed by atoms with E-state index in [1.165, 1.54) is 11.0 Å². The van der Waals surface area contributed by atoms with Crippen molar-refractivity contribution in [2.24, 2.45) is 12.5 Å². The minimum absolute atomic E-state index is 0.0116. The van der Waals surface area contributed by atoms with Crippen molar-refractivity contribution in [3.8, 4) is 17.6 Å². The molecule has 1 saturated carbocycles. The second kappa shape index (κ2) is 16.2. The number of nitrogens with zero attached hydrogens (tertiary/aromatic N) is 9. The van der Waals surface area contributed by atoms with Gasteiger partial charge in [-0.3, -0.25) is 29.4 Å². The van der Waals surface area contributed by atoms with Crippen LogP contribution in [0, 0.1) is 28.4 Å². The van der Waals surface area contributed by atoms with Gasteiger partial charge < -0.3 is 14.5 Å². The van der Waals surface area contributed by atoms with E-state index in [1.54, 1.807) is 29.9 Å². The van der Waals surface area contributed by atoms with Gasteiger partial charge in [-0.1, -0.05) is 0 Å². The van der Waals surface area contributed by atoms with E-state index in [4.69, 9.17) is 9.72 Å². The highest BCUT2D eigenvalue weighted by Crippen LogP contribution is 2.56. The summed E-state index contributed by atoms with van der Waals surface area (Å²) in [4.78, 5) is 39.9. The summed E-state index contributed by atoms with van der Waals surface area (Å²) in [6.07, 6.45) is 6.73. The monoisotopic (exact) mass is 897 g/mol. The predicted octanol–water partition coefficient (Wildman–Crippen LogP) is 6.23. The predicted molar refractivity (Wildman–Crippen MR) is 231 cm³/mol. The Morgan fingerprint density at radius 3 is 2.45 bits per heavy atom. The fourth-order valence-corrected chi connectivity index (χ4v) is 11.5. The highest BCUT2D eigenvalue weighted by Gasteiger charge is 2.47. The number of halogens is 3. The Kier molecular flexibility index (Phi) is 10.6. The van der Waals surface area contributed by atoms with Crippen molar-refractivity contribution < 1.29 is 35.9 Å². The van der Waals surface area contributed by atoms with E-state index in [1.807, 2.05) is 18.3 Å². The van der Waals surface area contributed by atoms with Gasteiger partial charge in [0, 0.05) is 75.8 Å². The van der Waals surface area contributed by atoms with Crippen LogP contribution >= 0.6 is 0 Å².